The van der Waals surface area contributed by atoms with Crippen LogP contribution in [0.3, 0.4) is 0 Å². The third-order valence-corrected chi connectivity index (χ3v) is 4.49. The van der Waals surface area contributed by atoms with Crippen LogP contribution in [-0.2, 0) is 23.7 Å². The van der Waals surface area contributed by atoms with Crippen molar-refractivity contribution in [2.45, 2.75) is 31.4 Å². The molecule has 0 unspecified atom stereocenters. The van der Waals surface area contributed by atoms with Crippen LogP contribution >= 0.6 is 0 Å². The SMILES string of the molecule is C[C@](O)(Cn1nnc2ccc(C(F)(F)F)cc21)C(=O)Nc1ccc(C#N)c(C(F)(F)F)c1. The van der Waals surface area contributed by atoms with Gasteiger partial charge in [0, 0.05) is 5.69 Å². The molecule has 0 radical (unpaired) electrons. The third kappa shape index (κ3) is 4.65. The highest BCUT2D eigenvalue weighted by Crippen LogP contribution is 2.34. The van der Waals surface area contributed by atoms with Gasteiger partial charge in [-0.15, -0.1) is 5.10 Å². The molecule has 0 spiro atoms. The van der Waals surface area contributed by atoms with E-state index in [1.165, 1.54) is 6.07 Å². The largest absolute Gasteiger partial charge is 0.417 e. The minimum Gasteiger partial charge on any atom is -0.378 e. The van der Waals surface area contributed by atoms with E-state index in [-0.39, 0.29) is 16.7 Å². The predicted octanol–water partition coefficient (Wildman–Crippen LogP) is 3.73. The van der Waals surface area contributed by atoms with Gasteiger partial charge in [0.05, 0.1) is 34.8 Å². The van der Waals surface area contributed by atoms with Gasteiger partial charge < -0.3 is 10.4 Å². The number of aromatic nitrogens is 3. The van der Waals surface area contributed by atoms with Crippen LogP contribution < -0.4 is 5.32 Å². The van der Waals surface area contributed by atoms with Crippen LogP contribution in [0.15, 0.2) is 36.4 Å². The Morgan fingerprint density at radius 3 is 2.41 bits per heavy atom. The van der Waals surface area contributed by atoms with Crippen LogP contribution in [0.25, 0.3) is 11.0 Å². The molecule has 1 heterocycles. The molecule has 0 fully saturated rings. The number of carbonyl (C=O) groups excluding carboxylic acids is 1. The number of aliphatic hydroxyl groups is 1. The van der Waals surface area contributed by atoms with Crippen molar-refractivity contribution in [3.63, 3.8) is 0 Å². The van der Waals surface area contributed by atoms with Crippen LogP contribution in [0.4, 0.5) is 32.0 Å². The van der Waals surface area contributed by atoms with Crippen molar-refractivity contribution in [1.82, 2.24) is 15.0 Å². The first kappa shape index (κ1) is 23.0. The molecule has 168 valence electrons. The first-order valence-corrected chi connectivity index (χ1v) is 8.78. The summed E-state index contributed by atoms with van der Waals surface area (Å²) in [6.07, 6.45) is -9.50. The standard InChI is InChI=1S/C19H13F6N5O2/c1-17(32,9-30-15-6-11(18(20,21)22)3-5-14(15)28-29-30)16(31)27-12-4-2-10(8-26)13(7-12)19(23,24)25/h2-7,32H,9H2,1H3,(H,27,31)/t17-/m0/s1. The molecule has 1 aromatic heterocycles. The van der Waals surface area contributed by atoms with Gasteiger partial charge >= 0.3 is 12.4 Å². The molecule has 3 aromatic rings. The van der Waals surface area contributed by atoms with E-state index in [2.05, 4.69) is 15.6 Å². The predicted molar refractivity (Wildman–Crippen MR) is 97.9 cm³/mol. The maximum atomic E-state index is 13.1. The molecule has 0 aliphatic rings. The molecular weight excluding hydrogens is 444 g/mol. The fraction of sp³-hybridized carbons (Fsp3) is 0.263. The molecular formula is C19H13F6N5O2. The number of amides is 1. The highest BCUT2D eigenvalue weighted by Gasteiger charge is 2.36. The van der Waals surface area contributed by atoms with E-state index in [1.54, 1.807) is 0 Å². The fourth-order valence-electron chi connectivity index (χ4n) is 2.84. The topological polar surface area (TPSA) is 104 Å². The fourth-order valence-corrected chi connectivity index (χ4v) is 2.84. The molecule has 0 aliphatic heterocycles. The number of nitrogens with one attached hydrogen (secondary N) is 1. The lowest BCUT2D eigenvalue weighted by Crippen LogP contribution is -2.44. The van der Waals surface area contributed by atoms with E-state index in [9.17, 15) is 36.2 Å². The number of alkyl halides is 6. The number of hydrogen-bond acceptors (Lipinski definition) is 5. The van der Waals surface area contributed by atoms with E-state index in [0.717, 1.165) is 41.9 Å². The zero-order chi connectivity index (χ0) is 23.9. The molecule has 1 amide bonds. The summed E-state index contributed by atoms with van der Waals surface area (Å²) in [6.45, 7) is 0.372. The summed E-state index contributed by atoms with van der Waals surface area (Å²) in [7, 11) is 0. The number of fused-ring (bicyclic) bond motifs is 1. The quantitative estimate of drug-likeness (QED) is 0.581. The number of benzene rings is 2. The van der Waals surface area contributed by atoms with Gasteiger partial charge in [0.25, 0.3) is 5.91 Å². The van der Waals surface area contributed by atoms with Crippen LogP contribution in [-0.4, -0.2) is 31.6 Å². The van der Waals surface area contributed by atoms with E-state index in [0.29, 0.717) is 6.07 Å². The summed E-state index contributed by atoms with van der Waals surface area (Å²) >= 11 is 0. The number of hydrogen-bond donors (Lipinski definition) is 2. The van der Waals surface area contributed by atoms with Crippen molar-refractivity contribution in [2.24, 2.45) is 0 Å². The van der Waals surface area contributed by atoms with Gasteiger partial charge in [-0.25, -0.2) is 4.68 Å². The summed E-state index contributed by atoms with van der Waals surface area (Å²) in [4.78, 5) is 12.5. The zero-order valence-corrected chi connectivity index (χ0v) is 16.1. The summed E-state index contributed by atoms with van der Waals surface area (Å²) in [6, 6.07) is 6.46. The van der Waals surface area contributed by atoms with Crippen LogP contribution in [0.2, 0.25) is 0 Å². The molecule has 0 saturated carbocycles. The Balaban J connectivity index is 1.86. The molecule has 2 aromatic carbocycles. The van der Waals surface area contributed by atoms with Crippen molar-refractivity contribution in [3.05, 3.63) is 53.1 Å². The second-order valence-electron chi connectivity index (χ2n) is 7.05. The molecule has 7 nitrogen and oxygen atoms in total. The van der Waals surface area contributed by atoms with E-state index < -0.39 is 47.1 Å². The van der Waals surface area contributed by atoms with Crippen LogP contribution in [0.5, 0.6) is 0 Å². The smallest absolute Gasteiger partial charge is 0.378 e. The van der Waals surface area contributed by atoms with Crippen molar-refractivity contribution >= 4 is 22.6 Å². The first-order valence-electron chi connectivity index (χ1n) is 8.78. The van der Waals surface area contributed by atoms with E-state index in [1.807, 2.05) is 0 Å². The van der Waals surface area contributed by atoms with Gasteiger partial charge in [-0.2, -0.15) is 31.6 Å². The molecule has 3 rings (SSSR count). The minimum absolute atomic E-state index is 0.0797. The van der Waals surface area contributed by atoms with Gasteiger partial charge in [0.2, 0.25) is 0 Å². The Kier molecular flexibility index (Phi) is 5.60. The van der Waals surface area contributed by atoms with Crippen molar-refractivity contribution < 1.29 is 36.2 Å². The van der Waals surface area contributed by atoms with Gasteiger partial charge in [0.1, 0.15) is 5.52 Å². The highest BCUT2D eigenvalue weighted by molar-refractivity contribution is 5.97. The first-order chi connectivity index (χ1) is 14.7. The van der Waals surface area contributed by atoms with Crippen molar-refractivity contribution in [3.8, 4) is 6.07 Å². The summed E-state index contributed by atoms with van der Waals surface area (Å²) in [5, 5.41) is 28.8. The lowest BCUT2D eigenvalue weighted by molar-refractivity contribution is -0.138. The number of nitrogens with zero attached hydrogens (tertiary/aromatic N) is 4. The van der Waals surface area contributed by atoms with Crippen LogP contribution in [0, 0.1) is 11.3 Å². The average molecular weight is 457 g/mol. The molecule has 32 heavy (non-hydrogen) atoms. The lowest BCUT2D eigenvalue weighted by atomic mass is 10.0. The zero-order valence-electron chi connectivity index (χ0n) is 16.1. The molecule has 0 bridgehead atoms. The monoisotopic (exact) mass is 457 g/mol. The highest BCUT2D eigenvalue weighted by atomic mass is 19.4. The van der Waals surface area contributed by atoms with Gasteiger partial charge in [-0.1, -0.05) is 5.21 Å². The second kappa shape index (κ2) is 7.79. The Bertz CT molecular complexity index is 1220. The molecule has 0 aliphatic carbocycles. The average Bonchev–Trinajstić information content (AvgIpc) is 3.08. The number of rotatable bonds is 4. The number of halogens is 6. The molecule has 0 saturated heterocycles. The number of nitriles is 1. The summed E-state index contributed by atoms with van der Waals surface area (Å²) in [5.74, 6) is -1.15. The van der Waals surface area contributed by atoms with Gasteiger partial charge in [-0.05, 0) is 43.3 Å². The Morgan fingerprint density at radius 2 is 1.81 bits per heavy atom. The van der Waals surface area contributed by atoms with Gasteiger partial charge in [-0.3, -0.25) is 4.79 Å². The minimum atomic E-state index is -4.86. The van der Waals surface area contributed by atoms with Crippen molar-refractivity contribution in [2.75, 3.05) is 5.32 Å². The maximum absolute atomic E-state index is 13.1. The Labute approximate surface area is 175 Å². The van der Waals surface area contributed by atoms with Crippen LogP contribution in [0.1, 0.15) is 23.6 Å². The summed E-state index contributed by atoms with van der Waals surface area (Å²) in [5.41, 5.74) is -5.58. The van der Waals surface area contributed by atoms with E-state index >= 15 is 0 Å². The number of carbonyl (C=O) groups is 1. The van der Waals surface area contributed by atoms with Crippen molar-refractivity contribution in [1.29, 1.82) is 5.26 Å². The third-order valence-electron chi connectivity index (χ3n) is 4.49. The maximum Gasteiger partial charge on any atom is 0.417 e. The van der Waals surface area contributed by atoms with E-state index in [4.69, 9.17) is 5.26 Å². The second-order valence-corrected chi connectivity index (χ2v) is 7.05. The lowest BCUT2D eigenvalue weighted by Gasteiger charge is -2.23. The van der Waals surface area contributed by atoms with Gasteiger partial charge in [0.15, 0.2) is 5.60 Å². The normalized spacial score (nSPS) is 14.1. The molecule has 1 atom stereocenters. The summed E-state index contributed by atoms with van der Waals surface area (Å²) < 4.78 is 79.1. The Hall–Kier alpha value is -3.66. The number of anilines is 1. The Morgan fingerprint density at radius 1 is 1.12 bits per heavy atom. The molecule has 2 N–H and O–H groups in total. The molecule has 13 heteroatoms.